The smallest absolute Gasteiger partial charge is 0.123 e. The maximum absolute atomic E-state index is 10.6. The zero-order valence-corrected chi connectivity index (χ0v) is 33.1. The highest BCUT2D eigenvalue weighted by Gasteiger charge is 2.30. The van der Waals surface area contributed by atoms with Gasteiger partial charge in [-0.3, -0.25) is 0 Å². The molecule has 0 aliphatic heterocycles. The first kappa shape index (κ1) is 38.9. The van der Waals surface area contributed by atoms with E-state index in [1.165, 1.54) is 74.5 Å². The van der Waals surface area contributed by atoms with E-state index in [0.717, 1.165) is 40.0 Å². The lowest BCUT2D eigenvalue weighted by Gasteiger charge is -2.28. The van der Waals surface area contributed by atoms with E-state index in [4.69, 9.17) is 5.11 Å². The average Bonchev–Trinajstić information content (AvgIpc) is 3.79. The molecular weight excluding hydrogens is 601 g/mol. The summed E-state index contributed by atoms with van der Waals surface area (Å²) >= 11 is 0. The van der Waals surface area contributed by atoms with Crippen LogP contribution in [-0.4, -0.2) is 15.3 Å². The Morgan fingerprint density at radius 3 is 0.878 bits per heavy atom. The molecule has 3 saturated carbocycles. The van der Waals surface area contributed by atoms with Crippen LogP contribution >= 0.6 is 0 Å². The fourth-order valence-corrected chi connectivity index (χ4v) is 6.51. The number of rotatable bonds is 6. The van der Waals surface area contributed by atoms with Gasteiger partial charge in [-0.05, 0) is 148 Å². The van der Waals surface area contributed by atoms with Crippen molar-refractivity contribution in [1.29, 1.82) is 0 Å². The van der Waals surface area contributed by atoms with Crippen LogP contribution in [0.3, 0.4) is 0 Å². The van der Waals surface area contributed by atoms with Crippen LogP contribution in [-0.2, 0) is 40.9 Å². The van der Waals surface area contributed by atoms with Gasteiger partial charge in [0.05, 0.1) is 0 Å². The van der Waals surface area contributed by atoms with Crippen LogP contribution in [0.1, 0.15) is 161 Å². The lowest BCUT2D eigenvalue weighted by molar-refractivity contribution is 0.421. The summed E-state index contributed by atoms with van der Waals surface area (Å²) in [6, 6.07) is 16.4. The number of hydrogen-bond donors (Lipinski definition) is 3. The zero-order valence-electron chi connectivity index (χ0n) is 33.1. The van der Waals surface area contributed by atoms with Gasteiger partial charge in [-0.2, -0.15) is 0 Å². The van der Waals surface area contributed by atoms with Crippen molar-refractivity contribution in [1.82, 2.24) is 0 Å². The van der Waals surface area contributed by atoms with Crippen molar-refractivity contribution in [3.8, 4) is 17.2 Å². The van der Waals surface area contributed by atoms with Crippen LogP contribution in [0.15, 0.2) is 48.5 Å². The molecule has 3 aliphatic rings. The molecule has 0 amide bonds. The van der Waals surface area contributed by atoms with Gasteiger partial charge < -0.3 is 15.3 Å². The lowest BCUT2D eigenvalue weighted by atomic mass is 9.78. The summed E-state index contributed by atoms with van der Waals surface area (Å²) < 4.78 is 0. The maximum atomic E-state index is 10.6. The largest absolute Gasteiger partial charge is 0.508 e. The van der Waals surface area contributed by atoms with Gasteiger partial charge in [0.1, 0.15) is 17.2 Å². The molecule has 3 aromatic carbocycles. The maximum Gasteiger partial charge on any atom is 0.123 e. The van der Waals surface area contributed by atoms with E-state index < -0.39 is 0 Å². The molecule has 0 heterocycles. The van der Waals surface area contributed by atoms with E-state index >= 15 is 0 Å². The van der Waals surface area contributed by atoms with Crippen molar-refractivity contribution in [2.75, 3.05) is 0 Å². The van der Waals surface area contributed by atoms with Crippen LogP contribution in [0.25, 0.3) is 0 Å². The Morgan fingerprint density at radius 1 is 0.408 bits per heavy atom. The topological polar surface area (TPSA) is 60.7 Å². The number of phenols is 3. The molecule has 0 unspecified atom stereocenters. The molecule has 3 fully saturated rings. The van der Waals surface area contributed by atoms with Crippen LogP contribution in [0, 0.1) is 17.8 Å². The Hall–Kier alpha value is -2.94. The summed E-state index contributed by atoms with van der Waals surface area (Å²) in [6.07, 6.45) is 11.8. The van der Waals surface area contributed by atoms with Gasteiger partial charge in [0.25, 0.3) is 0 Å². The van der Waals surface area contributed by atoms with Gasteiger partial charge in [0, 0.05) is 0 Å². The first-order valence-corrected chi connectivity index (χ1v) is 19.0. The number of phenolic OH excluding ortho intramolecular Hbond substituents is 3. The fourth-order valence-electron chi connectivity index (χ4n) is 6.51. The molecular formula is C46H68O3. The van der Waals surface area contributed by atoms with Crippen LogP contribution in [0.2, 0.25) is 0 Å². The zero-order chi connectivity index (χ0) is 36.5. The first-order chi connectivity index (χ1) is 22.5. The first-order valence-electron chi connectivity index (χ1n) is 19.0. The standard InChI is InChI=1S/2C18H28O.C10H12O/c2*1-17(2,3)14-10-13(9-12-7-8-12)11-15(16(14)19)18(4,5)6;11-10-5-3-9(4-6-10)7-8-1-2-8/h2*10-12,19H,7-9H2,1-6H3;3-6,8,11H,1-2,7H2. The minimum atomic E-state index is -0.0103. The fraction of sp³-hybridized carbons (Fsp3) is 0.609. The Kier molecular flexibility index (Phi) is 11.7. The lowest BCUT2D eigenvalue weighted by Crippen LogP contribution is -2.18. The average molecular weight is 669 g/mol. The summed E-state index contributed by atoms with van der Waals surface area (Å²) in [5, 5.41) is 30.3. The third-order valence-electron chi connectivity index (χ3n) is 10.2. The molecule has 0 bridgehead atoms. The van der Waals surface area contributed by atoms with Crippen molar-refractivity contribution in [3.05, 3.63) is 87.5 Å². The van der Waals surface area contributed by atoms with Crippen molar-refractivity contribution < 1.29 is 15.3 Å². The minimum absolute atomic E-state index is 0.0103. The Labute approximate surface area is 299 Å². The third kappa shape index (κ3) is 11.8. The molecule has 3 aliphatic carbocycles. The quantitative estimate of drug-likeness (QED) is 0.245. The van der Waals surface area contributed by atoms with Crippen molar-refractivity contribution in [2.24, 2.45) is 17.8 Å². The predicted octanol–water partition coefficient (Wildman–Crippen LogP) is 12.2. The minimum Gasteiger partial charge on any atom is -0.508 e. The molecule has 49 heavy (non-hydrogen) atoms. The Morgan fingerprint density at radius 2 is 0.653 bits per heavy atom. The summed E-state index contributed by atoms with van der Waals surface area (Å²) in [5.41, 5.74) is 8.48. The molecule has 0 saturated heterocycles. The van der Waals surface area contributed by atoms with Gasteiger partial charge in [-0.25, -0.2) is 0 Å². The third-order valence-corrected chi connectivity index (χ3v) is 10.2. The number of aromatic hydroxyl groups is 3. The van der Waals surface area contributed by atoms with Gasteiger partial charge in [-0.15, -0.1) is 0 Å². The second-order valence-corrected chi connectivity index (χ2v) is 19.7. The highest BCUT2D eigenvalue weighted by atomic mass is 16.3. The summed E-state index contributed by atoms with van der Waals surface area (Å²) in [6.45, 7) is 26.1. The van der Waals surface area contributed by atoms with E-state index in [0.29, 0.717) is 17.2 Å². The van der Waals surface area contributed by atoms with E-state index in [2.05, 4.69) is 107 Å². The molecule has 0 aromatic heterocycles. The second kappa shape index (κ2) is 14.7. The van der Waals surface area contributed by atoms with E-state index in [-0.39, 0.29) is 21.7 Å². The van der Waals surface area contributed by atoms with Crippen LogP contribution in [0.4, 0.5) is 0 Å². The normalized spacial score (nSPS) is 16.7. The highest BCUT2D eigenvalue weighted by molar-refractivity contribution is 5.51. The predicted molar refractivity (Wildman–Crippen MR) is 208 cm³/mol. The van der Waals surface area contributed by atoms with Gasteiger partial charge in [0.2, 0.25) is 0 Å². The molecule has 3 aromatic rings. The molecule has 0 atom stereocenters. The number of hydrogen-bond acceptors (Lipinski definition) is 3. The van der Waals surface area contributed by atoms with Crippen LogP contribution < -0.4 is 0 Å². The van der Waals surface area contributed by atoms with Crippen molar-refractivity contribution >= 4 is 0 Å². The molecule has 0 spiro atoms. The summed E-state index contributed by atoms with van der Waals surface area (Å²) in [5.74, 6) is 4.05. The number of benzene rings is 3. The van der Waals surface area contributed by atoms with Crippen LogP contribution in [0.5, 0.6) is 17.2 Å². The molecule has 270 valence electrons. The van der Waals surface area contributed by atoms with Crippen molar-refractivity contribution in [3.63, 3.8) is 0 Å². The Bertz CT molecular complexity index is 1380. The summed E-state index contributed by atoms with van der Waals surface area (Å²) in [7, 11) is 0. The van der Waals surface area contributed by atoms with E-state index in [9.17, 15) is 10.2 Å². The molecule has 6 rings (SSSR count). The summed E-state index contributed by atoms with van der Waals surface area (Å²) in [4.78, 5) is 0. The molecule has 3 nitrogen and oxygen atoms in total. The van der Waals surface area contributed by atoms with E-state index in [1.54, 1.807) is 12.1 Å². The Balaban J connectivity index is 0.000000172. The SMILES string of the molecule is CC(C)(C)c1cc(CC2CC2)cc(C(C)(C)C)c1O.CC(C)(C)c1cc(CC2CC2)cc(C(C)(C)C)c1O.Oc1ccc(CC2CC2)cc1. The molecule has 3 heteroatoms. The van der Waals surface area contributed by atoms with Crippen molar-refractivity contribution in [2.45, 2.75) is 163 Å². The highest BCUT2D eigenvalue weighted by Crippen LogP contribution is 2.43. The monoisotopic (exact) mass is 669 g/mol. The molecule has 3 N–H and O–H groups in total. The van der Waals surface area contributed by atoms with Gasteiger partial charge in [0.15, 0.2) is 0 Å². The second-order valence-electron chi connectivity index (χ2n) is 19.7. The van der Waals surface area contributed by atoms with Gasteiger partial charge >= 0.3 is 0 Å². The molecule has 0 radical (unpaired) electrons. The van der Waals surface area contributed by atoms with Gasteiger partial charge in [-0.1, -0.05) is 119 Å². The van der Waals surface area contributed by atoms with E-state index in [1.807, 2.05) is 12.1 Å².